The van der Waals surface area contributed by atoms with Gasteiger partial charge in [-0.1, -0.05) is 26.2 Å². The van der Waals surface area contributed by atoms with Crippen molar-refractivity contribution in [2.75, 3.05) is 13.1 Å². The fourth-order valence-electron chi connectivity index (χ4n) is 3.42. The Morgan fingerprint density at radius 1 is 1.18 bits per heavy atom. The maximum absolute atomic E-state index is 10.6. The molecule has 1 aliphatic heterocycles. The zero-order valence-corrected chi connectivity index (χ0v) is 10.9. The van der Waals surface area contributed by atoms with Crippen LogP contribution in [0.25, 0.3) is 0 Å². The van der Waals surface area contributed by atoms with Crippen LogP contribution in [0, 0.1) is 11.8 Å². The summed E-state index contributed by atoms with van der Waals surface area (Å²) in [7, 11) is 0. The smallest absolute Gasteiger partial charge is 0.303 e. The average molecular weight is 239 g/mol. The number of carbonyl (C=O) groups is 1. The van der Waals surface area contributed by atoms with Crippen molar-refractivity contribution >= 4 is 5.97 Å². The topological polar surface area (TPSA) is 40.5 Å². The highest BCUT2D eigenvalue weighted by atomic mass is 16.4. The molecular weight excluding hydrogens is 214 g/mol. The molecule has 98 valence electrons. The summed E-state index contributed by atoms with van der Waals surface area (Å²) >= 11 is 0. The van der Waals surface area contributed by atoms with Crippen LogP contribution in [0.5, 0.6) is 0 Å². The van der Waals surface area contributed by atoms with Crippen molar-refractivity contribution in [3.05, 3.63) is 0 Å². The minimum Gasteiger partial charge on any atom is -0.481 e. The molecule has 2 atom stereocenters. The monoisotopic (exact) mass is 239 g/mol. The highest BCUT2D eigenvalue weighted by Crippen LogP contribution is 2.32. The summed E-state index contributed by atoms with van der Waals surface area (Å²) in [6.45, 7) is 4.35. The number of aliphatic carboxylic acids is 1. The molecule has 1 N–H and O–H groups in total. The summed E-state index contributed by atoms with van der Waals surface area (Å²) in [5.41, 5.74) is 0. The fraction of sp³-hybridized carbons (Fsp3) is 0.929. The third kappa shape index (κ3) is 3.44. The van der Waals surface area contributed by atoms with Gasteiger partial charge in [-0.3, -0.25) is 9.69 Å². The van der Waals surface area contributed by atoms with E-state index in [-0.39, 0.29) is 0 Å². The Hall–Kier alpha value is -0.570. The summed E-state index contributed by atoms with van der Waals surface area (Å²) in [6, 6.07) is 0.747. The molecule has 0 aromatic carbocycles. The van der Waals surface area contributed by atoms with E-state index >= 15 is 0 Å². The van der Waals surface area contributed by atoms with Gasteiger partial charge in [0.05, 0.1) is 6.42 Å². The van der Waals surface area contributed by atoms with E-state index in [0.29, 0.717) is 12.3 Å². The van der Waals surface area contributed by atoms with Crippen LogP contribution in [0.15, 0.2) is 0 Å². The molecule has 1 saturated carbocycles. The van der Waals surface area contributed by atoms with Gasteiger partial charge in [0.15, 0.2) is 0 Å². The Kier molecular flexibility index (Phi) is 4.43. The molecule has 1 aliphatic carbocycles. The molecule has 2 fully saturated rings. The Bertz CT molecular complexity index is 261. The molecule has 2 rings (SSSR count). The zero-order valence-electron chi connectivity index (χ0n) is 10.9. The van der Waals surface area contributed by atoms with E-state index < -0.39 is 5.97 Å². The van der Waals surface area contributed by atoms with Crippen LogP contribution in [-0.2, 0) is 4.79 Å². The molecule has 2 aliphatic rings. The van der Waals surface area contributed by atoms with Crippen LogP contribution in [0.2, 0.25) is 0 Å². The second-order valence-electron chi connectivity index (χ2n) is 5.85. The number of likely N-dealkylation sites (tertiary alicyclic amines) is 1. The molecule has 2 unspecified atom stereocenters. The van der Waals surface area contributed by atoms with E-state index in [1.807, 2.05) is 0 Å². The summed E-state index contributed by atoms with van der Waals surface area (Å²) in [5.74, 6) is 0.718. The van der Waals surface area contributed by atoms with Crippen molar-refractivity contribution in [3.63, 3.8) is 0 Å². The highest BCUT2D eigenvalue weighted by molar-refractivity contribution is 5.67. The van der Waals surface area contributed by atoms with Gasteiger partial charge in [0, 0.05) is 19.1 Å². The molecule has 3 nitrogen and oxygen atoms in total. The highest BCUT2D eigenvalue weighted by Gasteiger charge is 2.34. The Balaban J connectivity index is 1.72. The minimum atomic E-state index is -0.637. The molecule has 0 bridgehead atoms. The second kappa shape index (κ2) is 5.85. The Labute approximate surface area is 104 Å². The average Bonchev–Trinajstić information content (AvgIpc) is 2.47. The molecule has 0 radical (unpaired) electrons. The SMILES string of the molecule is CCC1CCCC(N2CC(CC(=O)O)C2)CC1. The lowest BCUT2D eigenvalue weighted by molar-refractivity contribution is -0.139. The third-order valence-corrected chi connectivity index (χ3v) is 4.60. The van der Waals surface area contributed by atoms with Gasteiger partial charge in [-0.05, 0) is 31.1 Å². The number of carboxylic acids is 1. The third-order valence-electron chi connectivity index (χ3n) is 4.60. The van der Waals surface area contributed by atoms with Crippen molar-refractivity contribution in [2.45, 2.75) is 57.9 Å². The minimum absolute atomic E-state index is 0.362. The summed E-state index contributed by atoms with van der Waals surface area (Å²) in [4.78, 5) is 13.1. The van der Waals surface area contributed by atoms with E-state index in [1.54, 1.807) is 0 Å². The zero-order chi connectivity index (χ0) is 12.3. The van der Waals surface area contributed by atoms with Gasteiger partial charge in [-0.15, -0.1) is 0 Å². The number of nitrogens with zero attached hydrogens (tertiary/aromatic N) is 1. The first-order valence-electron chi connectivity index (χ1n) is 7.15. The van der Waals surface area contributed by atoms with Crippen LogP contribution in [0.4, 0.5) is 0 Å². The van der Waals surface area contributed by atoms with Gasteiger partial charge < -0.3 is 5.11 Å². The number of hydrogen-bond acceptors (Lipinski definition) is 2. The van der Waals surface area contributed by atoms with Crippen molar-refractivity contribution < 1.29 is 9.90 Å². The molecule has 1 saturated heterocycles. The normalized spacial score (nSPS) is 31.8. The molecule has 0 aromatic heterocycles. The van der Waals surface area contributed by atoms with Gasteiger partial charge in [0.25, 0.3) is 0 Å². The maximum atomic E-state index is 10.6. The first-order valence-corrected chi connectivity index (χ1v) is 7.15. The predicted octanol–water partition coefficient (Wildman–Crippen LogP) is 2.75. The summed E-state index contributed by atoms with van der Waals surface area (Å²) < 4.78 is 0. The van der Waals surface area contributed by atoms with Crippen LogP contribution in [-0.4, -0.2) is 35.1 Å². The number of hydrogen-bond donors (Lipinski definition) is 1. The standard InChI is InChI=1S/C14H25NO2/c1-2-11-4-3-5-13(7-6-11)15-9-12(10-15)8-14(16)17/h11-13H,2-10H2,1H3,(H,16,17). The molecule has 17 heavy (non-hydrogen) atoms. The van der Waals surface area contributed by atoms with E-state index in [9.17, 15) is 4.79 Å². The predicted molar refractivity (Wildman–Crippen MR) is 68.0 cm³/mol. The van der Waals surface area contributed by atoms with Crippen molar-refractivity contribution in [3.8, 4) is 0 Å². The van der Waals surface area contributed by atoms with Crippen molar-refractivity contribution in [1.29, 1.82) is 0 Å². The Morgan fingerprint density at radius 3 is 2.59 bits per heavy atom. The lowest BCUT2D eigenvalue weighted by Gasteiger charge is -2.44. The van der Waals surface area contributed by atoms with E-state index in [1.165, 1.54) is 38.5 Å². The molecule has 0 amide bonds. The quantitative estimate of drug-likeness (QED) is 0.767. The second-order valence-corrected chi connectivity index (χ2v) is 5.85. The van der Waals surface area contributed by atoms with Crippen LogP contribution >= 0.6 is 0 Å². The lowest BCUT2D eigenvalue weighted by Crippen LogP contribution is -2.52. The van der Waals surface area contributed by atoms with E-state index in [2.05, 4.69) is 11.8 Å². The fourth-order valence-corrected chi connectivity index (χ4v) is 3.42. The summed E-state index contributed by atoms with van der Waals surface area (Å²) in [6.07, 6.45) is 8.49. The van der Waals surface area contributed by atoms with Crippen LogP contribution in [0.1, 0.15) is 51.9 Å². The first kappa shape index (κ1) is 12.9. The maximum Gasteiger partial charge on any atom is 0.303 e. The lowest BCUT2D eigenvalue weighted by atomic mass is 9.92. The van der Waals surface area contributed by atoms with E-state index in [0.717, 1.165) is 25.0 Å². The summed E-state index contributed by atoms with van der Waals surface area (Å²) in [5, 5.41) is 8.74. The Morgan fingerprint density at radius 2 is 1.94 bits per heavy atom. The van der Waals surface area contributed by atoms with Crippen molar-refractivity contribution in [2.24, 2.45) is 11.8 Å². The van der Waals surface area contributed by atoms with Gasteiger partial charge >= 0.3 is 5.97 Å². The van der Waals surface area contributed by atoms with Gasteiger partial charge in [-0.2, -0.15) is 0 Å². The molecule has 0 spiro atoms. The van der Waals surface area contributed by atoms with E-state index in [4.69, 9.17) is 5.11 Å². The van der Waals surface area contributed by atoms with Crippen LogP contribution in [0.3, 0.4) is 0 Å². The largest absolute Gasteiger partial charge is 0.481 e. The molecule has 0 aromatic rings. The first-order chi connectivity index (χ1) is 8.19. The van der Waals surface area contributed by atoms with Gasteiger partial charge in [0.2, 0.25) is 0 Å². The van der Waals surface area contributed by atoms with Crippen LogP contribution < -0.4 is 0 Å². The molecule has 3 heteroatoms. The van der Waals surface area contributed by atoms with Crippen molar-refractivity contribution in [1.82, 2.24) is 4.90 Å². The van der Waals surface area contributed by atoms with Gasteiger partial charge in [0.1, 0.15) is 0 Å². The number of rotatable bonds is 4. The number of carboxylic acid groups (broad SMARTS) is 1. The molecule has 1 heterocycles. The van der Waals surface area contributed by atoms with Gasteiger partial charge in [-0.25, -0.2) is 0 Å². The molecular formula is C14H25NO2.